The van der Waals surface area contributed by atoms with Gasteiger partial charge in [0.2, 0.25) is 0 Å². The number of alkyl halides is 24. The van der Waals surface area contributed by atoms with E-state index < -0.39 is 163 Å². The number of benzene rings is 8. The van der Waals surface area contributed by atoms with Gasteiger partial charge < -0.3 is 18.9 Å². The number of aliphatic imine (C=N–C) groups is 2. The van der Waals surface area contributed by atoms with Gasteiger partial charge in [-0.3, -0.25) is 0 Å². The highest BCUT2D eigenvalue weighted by atomic mass is 35.5. The number of rotatable bonds is 12. The molecule has 8 aromatic carbocycles. The number of fused-ring (bicyclic) bond motifs is 2. The molecule has 14 rings (SSSR count). The molecule has 6 heterocycles. The van der Waals surface area contributed by atoms with Gasteiger partial charge in [-0.25, -0.2) is 44.0 Å². The molecular weight excluding hydrogens is 1690 g/mol. The predicted octanol–water partition coefficient (Wildman–Crippen LogP) is 21.4. The van der Waals surface area contributed by atoms with Crippen molar-refractivity contribution in [3.8, 4) is 23.0 Å². The standard InChI is InChI=1S/C80H35Cl2F24N5O8/c81-55-33-57-63(35-1-9-39(10-2-35)69(112)116-51-25-43(73(83,84)85)21-44(26-51)74(86,87)88)59-17-19-61-65(37-5-13-41(14-6-37)71(114)118-53-29-47(77(95,96)97)23-48(30-53)78(98,99)100)68-56(82)34-58(108-68)64(36-3-11-40(12-4-36)70(113)117-52-27-45(75(89,90)91)22-46(28-52)76(92,93)94)60-18-20-62(111(60)109-110(59)61)66(67(55)107-57)38-7-15-42(16-8-38)72(115)119-54-31-49(79(101,102)103)24-50(32-54)80(104,105)106/h1-34,109H/b63-57-,63-59?,64-58?,64-60+,65-61?,66-62-,67-66?,68-65-. The molecule has 0 saturated heterocycles. The van der Waals surface area contributed by atoms with Crippen LogP contribution < -0.4 is 35.2 Å². The number of ether oxygens (including phenoxy) is 4. The third-order valence-corrected chi connectivity index (χ3v) is 18.7. The molecule has 13 nitrogen and oxygen atoms in total. The van der Waals surface area contributed by atoms with Crippen LogP contribution in [0.2, 0.25) is 0 Å². The van der Waals surface area contributed by atoms with Crippen molar-refractivity contribution in [1.29, 1.82) is 0 Å². The maximum absolute atomic E-state index is 14.0. The average molecular weight is 1720 g/mol. The van der Waals surface area contributed by atoms with Gasteiger partial charge in [0.25, 0.3) is 0 Å². The molecule has 0 unspecified atom stereocenters. The molecule has 0 amide bonds. The largest absolute Gasteiger partial charge is 0.423 e. The summed E-state index contributed by atoms with van der Waals surface area (Å²) < 4.78 is 358. The van der Waals surface area contributed by atoms with E-state index >= 15 is 0 Å². The Kier molecular flexibility index (Phi) is 20.5. The molecule has 4 aliphatic heterocycles. The summed E-state index contributed by atoms with van der Waals surface area (Å²) in [6.45, 7) is 0. The molecule has 0 spiro atoms. The highest BCUT2D eigenvalue weighted by molar-refractivity contribution is 6.53. The van der Waals surface area contributed by atoms with Crippen LogP contribution in [-0.4, -0.2) is 44.7 Å². The molecule has 119 heavy (non-hydrogen) atoms. The Balaban J connectivity index is 0.977. The Morgan fingerprint density at radius 2 is 0.563 bits per heavy atom. The second-order valence-electron chi connectivity index (χ2n) is 26.0. The van der Waals surface area contributed by atoms with Crippen LogP contribution in [0.25, 0.3) is 22.3 Å². The fraction of sp³-hybridized carbons (Fsp3) is 0.100. The van der Waals surface area contributed by atoms with Crippen LogP contribution in [-0.2, 0) is 49.4 Å². The first-order valence-corrected chi connectivity index (χ1v) is 34.0. The minimum absolute atomic E-state index is 0.00332. The lowest BCUT2D eigenvalue weighted by molar-refractivity contribution is -0.144. The lowest BCUT2D eigenvalue weighted by atomic mass is 9.99. The molecule has 0 fully saturated rings. The van der Waals surface area contributed by atoms with Crippen molar-refractivity contribution in [2.24, 2.45) is 9.98 Å². The number of allylic oxidation sites excluding steroid dienone is 4. The van der Waals surface area contributed by atoms with Gasteiger partial charge in [-0.15, -0.1) is 0 Å². The lowest BCUT2D eigenvalue weighted by Gasteiger charge is -2.24. The number of esters is 4. The number of nitrogens with one attached hydrogen (secondary N) is 1. The first-order valence-electron chi connectivity index (χ1n) is 33.3. The maximum Gasteiger partial charge on any atom is 0.416 e. The molecule has 0 saturated carbocycles. The van der Waals surface area contributed by atoms with Crippen LogP contribution in [0.3, 0.4) is 0 Å². The highest BCUT2D eigenvalue weighted by Crippen LogP contribution is 2.47. The van der Waals surface area contributed by atoms with Gasteiger partial charge in [0, 0.05) is 22.3 Å². The van der Waals surface area contributed by atoms with E-state index in [-0.39, 0.29) is 172 Å². The van der Waals surface area contributed by atoms with Gasteiger partial charge in [-0.05, 0) is 180 Å². The van der Waals surface area contributed by atoms with Crippen molar-refractivity contribution in [1.82, 2.24) is 9.35 Å². The third kappa shape index (κ3) is 16.8. The molecule has 1 N–H and O–H groups in total. The van der Waals surface area contributed by atoms with Gasteiger partial charge in [-0.1, -0.05) is 71.7 Å². The summed E-state index contributed by atoms with van der Waals surface area (Å²) in [5, 5.41) is -0.528. The second-order valence-corrected chi connectivity index (χ2v) is 26.8. The zero-order valence-electron chi connectivity index (χ0n) is 58.0. The van der Waals surface area contributed by atoms with Crippen molar-refractivity contribution < 1.29 is 143 Å². The summed E-state index contributed by atoms with van der Waals surface area (Å²) in [7, 11) is 0. The number of aromatic nitrogens is 2. The first kappa shape index (κ1) is 82.5. The molecule has 10 aromatic rings. The first-order chi connectivity index (χ1) is 55.4. The predicted molar refractivity (Wildman–Crippen MR) is 374 cm³/mol. The zero-order chi connectivity index (χ0) is 86.1. The number of hydrogen-bond donors (Lipinski definition) is 1. The van der Waals surface area contributed by atoms with E-state index in [0.29, 0.717) is 0 Å². The Morgan fingerprint density at radius 1 is 0.294 bits per heavy atom. The van der Waals surface area contributed by atoms with E-state index in [4.69, 9.17) is 52.1 Å². The van der Waals surface area contributed by atoms with Crippen molar-refractivity contribution in [2.45, 2.75) is 49.4 Å². The summed E-state index contributed by atoms with van der Waals surface area (Å²) >= 11 is 14.6. The van der Waals surface area contributed by atoms with Gasteiger partial charge in [0.15, 0.2) is 0 Å². The normalized spacial score (nSPS) is 16.7. The van der Waals surface area contributed by atoms with Crippen LogP contribution in [0.15, 0.2) is 238 Å². The van der Waals surface area contributed by atoms with E-state index in [1.165, 1.54) is 94.3 Å². The van der Waals surface area contributed by atoms with Crippen molar-refractivity contribution in [3.63, 3.8) is 0 Å². The smallest absolute Gasteiger partial charge is 0.416 e. The Bertz CT molecular complexity index is 6140. The summed E-state index contributed by atoms with van der Waals surface area (Å²) in [5.41, 5.74) is -14.2. The number of carbonyl (C=O) groups is 4. The molecule has 0 radical (unpaired) electrons. The van der Waals surface area contributed by atoms with E-state index in [0.717, 1.165) is 48.5 Å². The van der Waals surface area contributed by atoms with Crippen LogP contribution in [0.1, 0.15) is 120 Å². The lowest BCUT2D eigenvalue weighted by Crippen LogP contribution is -2.42. The van der Waals surface area contributed by atoms with Crippen LogP contribution in [0.4, 0.5) is 105 Å². The summed E-state index contributed by atoms with van der Waals surface area (Å²) in [5.74, 6) is -10.8. The van der Waals surface area contributed by atoms with Gasteiger partial charge in [-0.2, -0.15) is 105 Å². The number of halogens is 26. The molecule has 39 heteroatoms. The molecular formula is C80H35Cl2F24N5O8. The van der Waals surface area contributed by atoms with Crippen molar-refractivity contribution in [2.75, 3.05) is 5.53 Å². The van der Waals surface area contributed by atoms with Crippen molar-refractivity contribution in [3.05, 3.63) is 339 Å². The van der Waals surface area contributed by atoms with Gasteiger partial charge >= 0.3 is 73.3 Å². The molecule has 0 aliphatic carbocycles. The molecule has 610 valence electrons. The van der Waals surface area contributed by atoms with E-state index in [1.54, 1.807) is 0 Å². The topological polar surface area (TPSA) is 152 Å². The molecule has 0 atom stereocenters. The van der Waals surface area contributed by atoms with Gasteiger partial charge in [0.1, 0.15) is 23.0 Å². The Morgan fingerprint density at radius 3 is 0.866 bits per heavy atom. The van der Waals surface area contributed by atoms with Crippen molar-refractivity contribution >= 4 is 80.8 Å². The second kappa shape index (κ2) is 29.5. The summed E-state index contributed by atoms with van der Waals surface area (Å²) in [4.78, 5) is 65.4. The third-order valence-electron chi connectivity index (χ3n) is 18.1. The SMILES string of the molecule is O=C(Oc1cc(C(F)(F)F)cc(C(F)(F)F)c1)c1ccc(/C2=C3\C=C(Cl)C(=N3)/C(c3ccc(C(=O)Oc4cc(C(F)(F)F)cc(C(F)(F)F)c4)cc3)=c3/cc/c4n3Nn3c2ccc3/C(c2ccc(C(=O)Oc3cc(C(F)(F)F)cc(C(F)(F)F)c3)cc2)=C2N=C(C=C\2Cl)/C=4c2ccc(C(=O)Oc3cc(C(F)(F)F)cc(C(F)(F)F)c3)cc2)cc1. The van der Waals surface area contributed by atoms with E-state index in [1.807, 2.05) is 0 Å². The number of nitrogens with zero attached hydrogens (tertiary/aromatic N) is 4. The van der Waals surface area contributed by atoms with Crippen LogP contribution in [0, 0.1) is 0 Å². The summed E-state index contributed by atoms with van der Waals surface area (Å²) in [6.07, 6.45) is -40.5. The number of carbonyl (C=O) groups excluding carboxylic acids is 4. The van der Waals surface area contributed by atoms with Crippen LogP contribution in [0.5, 0.6) is 23.0 Å². The van der Waals surface area contributed by atoms with E-state index in [2.05, 4.69) is 5.53 Å². The minimum Gasteiger partial charge on any atom is -0.423 e. The van der Waals surface area contributed by atoms with Crippen LogP contribution >= 0.6 is 23.2 Å². The zero-order valence-corrected chi connectivity index (χ0v) is 59.5. The maximum atomic E-state index is 14.0. The minimum atomic E-state index is -5.38. The monoisotopic (exact) mass is 1720 g/mol. The van der Waals surface area contributed by atoms with Gasteiger partial charge in [0.05, 0.1) is 122 Å². The molecule has 6 bridgehead atoms. The quantitative estimate of drug-likeness (QED) is 0.0716. The highest BCUT2D eigenvalue weighted by Gasteiger charge is 2.43. The molecule has 4 aliphatic rings. The summed E-state index contributed by atoms with van der Waals surface area (Å²) in [6, 6.07) is 23.9. The fourth-order valence-corrected chi connectivity index (χ4v) is 13.2. The Labute approximate surface area is 657 Å². The average Bonchev–Trinajstić information content (AvgIpc) is 1.57. The molecule has 2 aromatic heterocycles. The number of hydrogen-bond acceptors (Lipinski definition) is 11. The Hall–Kier alpha value is -13.1. The van der Waals surface area contributed by atoms with E-state index in [9.17, 15) is 125 Å². The fourth-order valence-electron chi connectivity index (χ4n) is 12.7.